The number of fused-ring (bicyclic) bond motifs is 1. The summed E-state index contributed by atoms with van der Waals surface area (Å²) in [6.07, 6.45) is 2.42. The number of aromatic nitrogens is 2. The van der Waals surface area contributed by atoms with Crippen molar-refractivity contribution < 1.29 is 14.6 Å². The molecule has 5 nitrogen and oxygen atoms in total. The lowest BCUT2D eigenvalue weighted by molar-refractivity contribution is -0.136. The molecule has 2 rings (SSSR count). The van der Waals surface area contributed by atoms with E-state index in [2.05, 4.69) is 4.98 Å². The first-order valence-corrected chi connectivity index (χ1v) is 5.36. The molecule has 1 N–H and O–H groups in total. The van der Waals surface area contributed by atoms with Crippen molar-refractivity contribution in [3.05, 3.63) is 29.7 Å². The molecule has 0 atom stereocenters. The summed E-state index contributed by atoms with van der Waals surface area (Å²) in [6.45, 7) is 1.93. The molecule has 5 heteroatoms. The van der Waals surface area contributed by atoms with Crippen LogP contribution < -0.4 is 4.74 Å². The molecule has 0 aromatic carbocycles. The summed E-state index contributed by atoms with van der Waals surface area (Å²) in [5.74, 6) is -0.120. The number of nitrogens with zero attached hydrogens (tertiary/aromatic N) is 2. The highest BCUT2D eigenvalue weighted by Gasteiger charge is 2.12. The number of methoxy groups -OCH3 is 1. The van der Waals surface area contributed by atoms with Crippen molar-refractivity contribution in [3.63, 3.8) is 0 Å². The highest BCUT2D eigenvalue weighted by molar-refractivity contribution is 5.67. The highest BCUT2D eigenvalue weighted by Crippen LogP contribution is 2.21. The normalized spacial score (nSPS) is 10.7. The Morgan fingerprint density at radius 3 is 3.00 bits per heavy atom. The largest absolute Gasteiger partial charge is 0.493 e. The summed E-state index contributed by atoms with van der Waals surface area (Å²) in [6, 6.07) is 3.71. The number of rotatable bonds is 4. The molecule has 0 aliphatic carbocycles. The number of hydrogen-bond acceptors (Lipinski definition) is 3. The molecule has 0 aliphatic rings. The number of imidazole rings is 1. The van der Waals surface area contributed by atoms with E-state index in [0.717, 1.165) is 17.0 Å². The van der Waals surface area contributed by atoms with Gasteiger partial charge in [0.25, 0.3) is 0 Å². The maximum absolute atomic E-state index is 10.6. The summed E-state index contributed by atoms with van der Waals surface area (Å²) >= 11 is 0. The van der Waals surface area contributed by atoms with E-state index in [9.17, 15) is 4.79 Å². The summed E-state index contributed by atoms with van der Waals surface area (Å²) in [5, 5.41) is 8.68. The van der Waals surface area contributed by atoms with Crippen LogP contribution in [0.4, 0.5) is 0 Å². The fourth-order valence-electron chi connectivity index (χ4n) is 1.83. The SMILES string of the molecule is COc1cccn2c(C)c(CCC(=O)O)nc12. The van der Waals surface area contributed by atoms with Gasteiger partial charge in [0.15, 0.2) is 11.4 Å². The number of hydrogen-bond donors (Lipinski definition) is 1. The van der Waals surface area contributed by atoms with Crippen molar-refractivity contribution in [1.82, 2.24) is 9.38 Å². The fraction of sp³-hybridized carbons (Fsp3) is 0.333. The van der Waals surface area contributed by atoms with Gasteiger partial charge in [-0.2, -0.15) is 0 Å². The van der Waals surface area contributed by atoms with Gasteiger partial charge in [0.05, 0.1) is 19.2 Å². The molecule has 0 radical (unpaired) electrons. The molecule has 0 saturated carbocycles. The smallest absolute Gasteiger partial charge is 0.303 e. The van der Waals surface area contributed by atoms with Crippen LogP contribution in [0.5, 0.6) is 5.75 Å². The Hall–Kier alpha value is -2.04. The Morgan fingerprint density at radius 2 is 2.35 bits per heavy atom. The monoisotopic (exact) mass is 234 g/mol. The summed E-state index contributed by atoms with van der Waals surface area (Å²) in [4.78, 5) is 15.0. The molecule has 0 aliphatic heterocycles. The van der Waals surface area contributed by atoms with E-state index >= 15 is 0 Å². The van der Waals surface area contributed by atoms with E-state index < -0.39 is 5.97 Å². The van der Waals surface area contributed by atoms with Gasteiger partial charge >= 0.3 is 5.97 Å². The standard InChI is InChI=1S/C12H14N2O3/c1-8-9(5-6-11(15)16)13-12-10(17-2)4-3-7-14(8)12/h3-4,7H,5-6H2,1-2H3,(H,15,16). The van der Waals surface area contributed by atoms with Crippen LogP contribution in [-0.4, -0.2) is 27.6 Å². The van der Waals surface area contributed by atoms with Gasteiger partial charge in [-0.1, -0.05) is 0 Å². The third kappa shape index (κ3) is 2.08. The molecule has 2 aromatic rings. The van der Waals surface area contributed by atoms with Gasteiger partial charge in [-0.25, -0.2) is 4.98 Å². The first kappa shape index (κ1) is 11.4. The highest BCUT2D eigenvalue weighted by atomic mass is 16.5. The van der Waals surface area contributed by atoms with Crippen LogP contribution >= 0.6 is 0 Å². The topological polar surface area (TPSA) is 63.8 Å². The van der Waals surface area contributed by atoms with Crippen LogP contribution in [0.15, 0.2) is 18.3 Å². The van der Waals surface area contributed by atoms with E-state index in [1.54, 1.807) is 7.11 Å². The van der Waals surface area contributed by atoms with E-state index in [1.807, 2.05) is 29.7 Å². The summed E-state index contributed by atoms with van der Waals surface area (Å²) < 4.78 is 7.13. The van der Waals surface area contributed by atoms with Gasteiger partial charge in [-0.15, -0.1) is 0 Å². The van der Waals surface area contributed by atoms with Crippen molar-refractivity contribution >= 4 is 11.6 Å². The molecular weight excluding hydrogens is 220 g/mol. The van der Waals surface area contributed by atoms with Crippen LogP contribution in [0.1, 0.15) is 17.8 Å². The first-order chi connectivity index (χ1) is 8.13. The number of aliphatic carboxylic acids is 1. The molecule has 0 bridgehead atoms. The summed E-state index contributed by atoms with van der Waals surface area (Å²) in [7, 11) is 1.59. The van der Waals surface area contributed by atoms with Gasteiger partial charge in [0.2, 0.25) is 0 Å². The van der Waals surface area contributed by atoms with Gasteiger partial charge in [0.1, 0.15) is 0 Å². The predicted molar refractivity (Wildman–Crippen MR) is 62.4 cm³/mol. The number of carboxylic acids is 1. The molecule has 0 spiro atoms. The Kier molecular flexibility index (Phi) is 2.99. The molecule has 0 amide bonds. The zero-order valence-electron chi connectivity index (χ0n) is 9.80. The number of ether oxygens (including phenoxy) is 1. The molecule has 2 heterocycles. The lowest BCUT2D eigenvalue weighted by atomic mass is 10.2. The van der Waals surface area contributed by atoms with Gasteiger partial charge in [-0.3, -0.25) is 4.79 Å². The molecule has 90 valence electrons. The lowest BCUT2D eigenvalue weighted by Gasteiger charge is -2.01. The van der Waals surface area contributed by atoms with E-state index in [-0.39, 0.29) is 6.42 Å². The second kappa shape index (κ2) is 4.45. The van der Waals surface area contributed by atoms with E-state index in [4.69, 9.17) is 9.84 Å². The maximum Gasteiger partial charge on any atom is 0.303 e. The minimum Gasteiger partial charge on any atom is -0.493 e. The third-order valence-electron chi connectivity index (χ3n) is 2.75. The molecular formula is C12H14N2O3. The molecule has 0 unspecified atom stereocenters. The Bertz CT molecular complexity index is 560. The van der Waals surface area contributed by atoms with Gasteiger partial charge < -0.3 is 14.2 Å². The minimum absolute atomic E-state index is 0.0903. The maximum atomic E-state index is 10.6. The number of aryl methyl sites for hydroxylation is 2. The summed E-state index contributed by atoms with van der Waals surface area (Å²) in [5.41, 5.74) is 2.49. The lowest BCUT2D eigenvalue weighted by Crippen LogP contribution is -1.99. The average Bonchev–Trinajstić information content (AvgIpc) is 2.64. The molecule has 0 fully saturated rings. The molecule has 2 aromatic heterocycles. The third-order valence-corrected chi connectivity index (χ3v) is 2.75. The van der Waals surface area contributed by atoms with Gasteiger partial charge in [-0.05, 0) is 19.1 Å². The minimum atomic E-state index is -0.812. The first-order valence-electron chi connectivity index (χ1n) is 5.36. The van der Waals surface area contributed by atoms with E-state index in [0.29, 0.717) is 12.2 Å². The van der Waals surface area contributed by atoms with Crippen molar-refractivity contribution in [2.24, 2.45) is 0 Å². The van der Waals surface area contributed by atoms with Crippen LogP contribution in [0, 0.1) is 6.92 Å². The Morgan fingerprint density at radius 1 is 1.59 bits per heavy atom. The molecule has 0 saturated heterocycles. The van der Waals surface area contributed by atoms with Crippen molar-refractivity contribution in [1.29, 1.82) is 0 Å². The second-order valence-corrected chi connectivity index (χ2v) is 3.81. The zero-order chi connectivity index (χ0) is 12.4. The Balaban J connectivity index is 2.45. The van der Waals surface area contributed by atoms with Crippen LogP contribution in [0.3, 0.4) is 0 Å². The average molecular weight is 234 g/mol. The van der Waals surface area contributed by atoms with Gasteiger partial charge in [0, 0.05) is 18.3 Å². The van der Waals surface area contributed by atoms with Crippen molar-refractivity contribution in [3.8, 4) is 5.75 Å². The van der Waals surface area contributed by atoms with Crippen LogP contribution in [-0.2, 0) is 11.2 Å². The Labute approximate surface area is 98.7 Å². The quantitative estimate of drug-likeness (QED) is 0.874. The van der Waals surface area contributed by atoms with Crippen molar-refractivity contribution in [2.45, 2.75) is 19.8 Å². The number of pyridine rings is 1. The number of carboxylic acid groups (broad SMARTS) is 1. The van der Waals surface area contributed by atoms with Crippen LogP contribution in [0.2, 0.25) is 0 Å². The van der Waals surface area contributed by atoms with E-state index in [1.165, 1.54) is 0 Å². The fourth-order valence-corrected chi connectivity index (χ4v) is 1.83. The molecule has 17 heavy (non-hydrogen) atoms. The number of carbonyl (C=O) groups is 1. The zero-order valence-corrected chi connectivity index (χ0v) is 9.80. The van der Waals surface area contributed by atoms with Crippen molar-refractivity contribution in [2.75, 3.05) is 7.11 Å². The second-order valence-electron chi connectivity index (χ2n) is 3.81. The van der Waals surface area contributed by atoms with Crippen LogP contribution in [0.25, 0.3) is 5.65 Å². The predicted octanol–water partition coefficient (Wildman–Crippen LogP) is 1.67.